The molecule has 2 fully saturated rings. The predicted molar refractivity (Wildman–Crippen MR) is 91.0 cm³/mol. The van der Waals surface area contributed by atoms with Gasteiger partial charge in [-0.2, -0.15) is 0 Å². The van der Waals surface area contributed by atoms with Crippen LogP contribution in [0.3, 0.4) is 0 Å². The molecule has 2 aliphatic rings. The van der Waals surface area contributed by atoms with Gasteiger partial charge in [-0.3, -0.25) is 9.69 Å². The number of hydrogen-bond acceptors (Lipinski definition) is 3. The van der Waals surface area contributed by atoms with Gasteiger partial charge in [-0.05, 0) is 57.7 Å². The first kappa shape index (κ1) is 16.5. The van der Waals surface area contributed by atoms with E-state index in [1.165, 1.54) is 0 Å². The van der Waals surface area contributed by atoms with Crippen molar-refractivity contribution >= 4 is 5.91 Å². The Morgan fingerprint density at radius 2 is 1.70 bits per heavy atom. The average Bonchev–Trinajstić information content (AvgIpc) is 2.97. The summed E-state index contributed by atoms with van der Waals surface area (Å²) < 4.78 is 0. The number of rotatable bonds is 4. The zero-order valence-electron chi connectivity index (χ0n) is 14.2. The molecule has 2 atom stereocenters. The van der Waals surface area contributed by atoms with E-state index in [4.69, 9.17) is 0 Å². The predicted octanol–water partition coefficient (Wildman–Crippen LogP) is 2.44. The molecule has 0 aliphatic carbocycles. The Labute approximate surface area is 139 Å². The number of hydrogen-bond donors (Lipinski definition) is 1. The van der Waals surface area contributed by atoms with Gasteiger partial charge < -0.3 is 10.0 Å². The maximum Gasteiger partial charge on any atom is 0.240 e. The van der Waals surface area contributed by atoms with Gasteiger partial charge in [0.25, 0.3) is 0 Å². The summed E-state index contributed by atoms with van der Waals surface area (Å²) in [5.41, 5.74) is 1.01. The zero-order chi connectivity index (χ0) is 16.4. The highest BCUT2D eigenvalue weighted by Gasteiger charge is 2.39. The first-order chi connectivity index (χ1) is 11.1. The number of carbonyl (C=O) groups is 1. The molecule has 0 spiro atoms. The summed E-state index contributed by atoms with van der Waals surface area (Å²) in [5, 5.41) is 10.6. The summed E-state index contributed by atoms with van der Waals surface area (Å²) >= 11 is 0. The minimum absolute atomic E-state index is 0.0622. The lowest BCUT2D eigenvalue weighted by molar-refractivity contribution is -0.134. The molecule has 0 bridgehead atoms. The lowest BCUT2D eigenvalue weighted by Gasteiger charge is -2.37. The number of amides is 1. The number of benzene rings is 1. The third-order valence-corrected chi connectivity index (χ3v) is 5.44. The molecule has 4 nitrogen and oxygen atoms in total. The van der Waals surface area contributed by atoms with E-state index >= 15 is 0 Å². The van der Waals surface area contributed by atoms with E-state index in [1.807, 2.05) is 35.2 Å². The quantitative estimate of drug-likeness (QED) is 0.928. The van der Waals surface area contributed by atoms with E-state index < -0.39 is 0 Å². The molecule has 1 aromatic rings. The maximum absolute atomic E-state index is 12.5. The van der Waals surface area contributed by atoms with Gasteiger partial charge >= 0.3 is 0 Å². The van der Waals surface area contributed by atoms with Crippen LogP contribution < -0.4 is 0 Å². The Balaban J connectivity index is 1.56. The van der Waals surface area contributed by atoms with Crippen molar-refractivity contribution in [1.82, 2.24) is 9.80 Å². The van der Waals surface area contributed by atoms with E-state index in [-0.39, 0.29) is 12.1 Å². The summed E-state index contributed by atoms with van der Waals surface area (Å²) in [6.07, 6.45) is 2.48. The van der Waals surface area contributed by atoms with Crippen LogP contribution in [0.2, 0.25) is 0 Å². The molecule has 23 heavy (non-hydrogen) atoms. The molecule has 1 N–H and O–H groups in total. The molecule has 4 heteroatoms. The topological polar surface area (TPSA) is 43.8 Å². The number of piperidine rings is 1. The normalized spacial score (nSPS) is 25.3. The third kappa shape index (κ3) is 3.43. The van der Waals surface area contributed by atoms with Crippen molar-refractivity contribution in [2.75, 3.05) is 19.6 Å². The van der Waals surface area contributed by atoms with Crippen molar-refractivity contribution < 1.29 is 9.90 Å². The fourth-order valence-corrected chi connectivity index (χ4v) is 4.01. The fourth-order valence-electron chi connectivity index (χ4n) is 4.01. The van der Waals surface area contributed by atoms with Crippen LogP contribution in [0.25, 0.3) is 0 Å². The van der Waals surface area contributed by atoms with Crippen molar-refractivity contribution in [1.29, 1.82) is 0 Å². The standard InChI is InChI=1S/C19H28N2O2/c1-14(2)21-13-10-17(19(21)23)20-11-8-16(9-12-20)18(22)15-6-4-3-5-7-15/h3-7,14,16-18,22H,8-13H2,1-2H3. The van der Waals surface area contributed by atoms with Crippen LogP contribution in [0.5, 0.6) is 0 Å². The molecular formula is C19H28N2O2. The fraction of sp³-hybridized carbons (Fsp3) is 0.632. The van der Waals surface area contributed by atoms with Crippen LogP contribution in [0.4, 0.5) is 0 Å². The highest BCUT2D eigenvalue weighted by atomic mass is 16.3. The number of likely N-dealkylation sites (tertiary alicyclic amines) is 2. The van der Waals surface area contributed by atoms with Gasteiger partial charge in [0.15, 0.2) is 0 Å². The van der Waals surface area contributed by atoms with Crippen molar-refractivity contribution in [3.05, 3.63) is 35.9 Å². The van der Waals surface area contributed by atoms with Crippen LogP contribution in [0.1, 0.15) is 44.8 Å². The molecule has 3 rings (SSSR count). The summed E-state index contributed by atoms with van der Waals surface area (Å²) in [6.45, 7) is 6.88. The molecule has 0 radical (unpaired) electrons. The van der Waals surface area contributed by atoms with Gasteiger partial charge in [0.1, 0.15) is 0 Å². The van der Waals surface area contributed by atoms with E-state index in [0.717, 1.165) is 44.5 Å². The van der Waals surface area contributed by atoms with E-state index in [0.29, 0.717) is 17.9 Å². The molecule has 1 amide bonds. The summed E-state index contributed by atoms with van der Waals surface area (Å²) in [6, 6.07) is 10.3. The second kappa shape index (κ2) is 7.02. The van der Waals surface area contributed by atoms with Crippen LogP contribution in [0.15, 0.2) is 30.3 Å². The summed E-state index contributed by atoms with van der Waals surface area (Å²) in [4.78, 5) is 16.8. The molecule has 1 aromatic carbocycles. The number of nitrogens with zero attached hydrogens (tertiary/aromatic N) is 2. The minimum Gasteiger partial charge on any atom is -0.388 e. The Hall–Kier alpha value is -1.39. The van der Waals surface area contributed by atoms with Crippen molar-refractivity contribution in [2.45, 2.75) is 51.3 Å². The molecule has 2 heterocycles. The Kier molecular flexibility index (Phi) is 5.02. The first-order valence-corrected chi connectivity index (χ1v) is 8.85. The molecule has 2 saturated heterocycles. The number of aliphatic hydroxyl groups excluding tert-OH is 1. The highest BCUT2D eigenvalue weighted by Crippen LogP contribution is 2.32. The SMILES string of the molecule is CC(C)N1CCC(N2CCC(C(O)c3ccccc3)CC2)C1=O. The van der Waals surface area contributed by atoms with Crippen molar-refractivity contribution in [2.24, 2.45) is 5.92 Å². The van der Waals surface area contributed by atoms with Gasteiger partial charge in [0, 0.05) is 12.6 Å². The van der Waals surface area contributed by atoms with Crippen LogP contribution >= 0.6 is 0 Å². The minimum atomic E-state index is -0.384. The molecule has 2 unspecified atom stereocenters. The zero-order valence-corrected chi connectivity index (χ0v) is 14.2. The third-order valence-electron chi connectivity index (χ3n) is 5.44. The number of aliphatic hydroxyl groups is 1. The van der Waals surface area contributed by atoms with E-state index in [9.17, 15) is 9.90 Å². The van der Waals surface area contributed by atoms with Gasteiger partial charge in [-0.25, -0.2) is 0 Å². The average molecular weight is 316 g/mol. The lowest BCUT2D eigenvalue weighted by atomic mass is 9.87. The largest absolute Gasteiger partial charge is 0.388 e. The Bertz CT molecular complexity index is 523. The van der Waals surface area contributed by atoms with Gasteiger partial charge in [-0.15, -0.1) is 0 Å². The first-order valence-electron chi connectivity index (χ1n) is 8.85. The molecular weight excluding hydrogens is 288 g/mol. The highest BCUT2D eigenvalue weighted by molar-refractivity contribution is 5.84. The number of carbonyl (C=O) groups excluding carboxylic acids is 1. The molecule has 0 aromatic heterocycles. The van der Waals surface area contributed by atoms with E-state index in [2.05, 4.69) is 18.7 Å². The van der Waals surface area contributed by atoms with Crippen LogP contribution in [-0.4, -0.2) is 52.5 Å². The maximum atomic E-state index is 12.5. The Morgan fingerprint density at radius 3 is 2.26 bits per heavy atom. The van der Waals surface area contributed by atoms with Crippen molar-refractivity contribution in [3.63, 3.8) is 0 Å². The van der Waals surface area contributed by atoms with Crippen LogP contribution in [-0.2, 0) is 4.79 Å². The van der Waals surface area contributed by atoms with Gasteiger partial charge in [0.05, 0.1) is 12.1 Å². The van der Waals surface area contributed by atoms with Gasteiger partial charge in [0.2, 0.25) is 5.91 Å². The second-order valence-electron chi connectivity index (χ2n) is 7.16. The lowest BCUT2D eigenvalue weighted by Crippen LogP contribution is -2.47. The monoisotopic (exact) mass is 316 g/mol. The van der Waals surface area contributed by atoms with Gasteiger partial charge in [-0.1, -0.05) is 30.3 Å². The second-order valence-corrected chi connectivity index (χ2v) is 7.16. The van der Waals surface area contributed by atoms with E-state index in [1.54, 1.807) is 0 Å². The Morgan fingerprint density at radius 1 is 1.04 bits per heavy atom. The van der Waals surface area contributed by atoms with Crippen LogP contribution in [0, 0.1) is 5.92 Å². The summed E-state index contributed by atoms with van der Waals surface area (Å²) in [7, 11) is 0. The molecule has 126 valence electrons. The molecule has 0 saturated carbocycles. The molecule has 2 aliphatic heterocycles. The summed E-state index contributed by atoms with van der Waals surface area (Å²) in [5.74, 6) is 0.591. The smallest absolute Gasteiger partial charge is 0.240 e. The van der Waals surface area contributed by atoms with Crippen molar-refractivity contribution in [3.8, 4) is 0 Å².